The Morgan fingerprint density at radius 1 is 0.366 bits per heavy atom. The molecule has 16 atom stereocenters. The Balaban J connectivity index is 0.000000130. The summed E-state index contributed by atoms with van der Waals surface area (Å²) in [4.78, 5) is 155. The molecule has 52 nitrogen and oxygen atoms in total. The highest BCUT2D eigenvalue weighted by molar-refractivity contribution is 5.88. The minimum Gasteiger partial charge on any atom is -0.453 e. The Labute approximate surface area is 807 Å². The first-order valence-electron chi connectivity index (χ1n) is 46.1. The van der Waals surface area contributed by atoms with Crippen LogP contribution in [0.4, 0.5) is 42.4 Å². The number of aliphatic hydroxyl groups excluding tert-OH is 8. The third kappa shape index (κ3) is 22.5. The van der Waals surface area contributed by atoms with Gasteiger partial charge in [0.05, 0.1) is 79.9 Å². The smallest absolute Gasteiger partial charge is 0.410 e. The lowest BCUT2D eigenvalue weighted by Gasteiger charge is -2.35. The number of carbonyl (C=O) groups excluding carboxylic acids is 8. The van der Waals surface area contributed by atoms with Crippen molar-refractivity contribution in [1.29, 1.82) is 0 Å². The van der Waals surface area contributed by atoms with E-state index in [-0.39, 0.29) is 154 Å². The van der Waals surface area contributed by atoms with Gasteiger partial charge < -0.3 is 123 Å². The van der Waals surface area contributed by atoms with Crippen molar-refractivity contribution in [1.82, 2.24) is 119 Å². The van der Waals surface area contributed by atoms with Crippen molar-refractivity contribution in [3.05, 3.63) is 84.5 Å². The molecule has 4 aliphatic heterocycles. The van der Waals surface area contributed by atoms with Gasteiger partial charge in [-0.2, -0.15) is 0 Å². The Bertz CT molecular complexity index is 6510. The van der Waals surface area contributed by atoms with Gasteiger partial charge in [-0.05, 0) is 131 Å². The third-order valence-electron chi connectivity index (χ3n) is 25.0. The fourth-order valence-corrected chi connectivity index (χ4v) is 16.1. The van der Waals surface area contributed by atoms with Crippen LogP contribution in [-0.2, 0) is 63.6 Å². The van der Waals surface area contributed by atoms with Gasteiger partial charge in [-0.1, -0.05) is 54.0 Å². The molecule has 8 aromatic heterocycles. The number of nitrogen functional groups attached to an aromatic ring is 4. The molecule has 52 heteroatoms. The first-order chi connectivity index (χ1) is 68.4. The summed E-state index contributed by atoms with van der Waals surface area (Å²) >= 11 is 0. The molecule has 0 bridgehead atoms. The highest BCUT2D eigenvalue weighted by Crippen LogP contribution is 2.40. The van der Waals surface area contributed by atoms with E-state index < -0.39 is 146 Å². The zero-order valence-corrected chi connectivity index (χ0v) is 77.2. The predicted molar refractivity (Wildman–Crippen MR) is 490 cm³/mol. The zero-order chi connectivity index (χ0) is 100. The Morgan fingerprint density at radius 2 is 0.648 bits per heavy atom. The van der Waals surface area contributed by atoms with Crippen LogP contribution in [0.5, 0.6) is 0 Å². The Kier molecular flexibility index (Phi) is 29.8. The number of carbonyl (C=O) groups is 8. The zero-order valence-electron chi connectivity index (χ0n) is 77.2. The second-order valence-electron chi connectivity index (χ2n) is 35.7. The number of hydrogen-bond donors (Lipinski definition) is 16. The van der Waals surface area contributed by atoms with Crippen molar-refractivity contribution in [2.45, 2.75) is 237 Å². The summed E-state index contributed by atoms with van der Waals surface area (Å²) in [5.41, 5.74) is 27.0. The van der Waals surface area contributed by atoms with Crippen LogP contribution in [0.1, 0.15) is 150 Å². The number of rotatable bonds is 22. The van der Waals surface area contributed by atoms with E-state index in [9.17, 15) is 79.2 Å². The van der Waals surface area contributed by atoms with E-state index in [1.807, 2.05) is 30.3 Å². The lowest BCUT2D eigenvalue weighted by molar-refractivity contribution is -0.138. The summed E-state index contributed by atoms with van der Waals surface area (Å²) in [5.74, 6) is 21.8. The number of benzene rings is 1. The van der Waals surface area contributed by atoms with Crippen LogP contribution in [0.3, 0.4) is 0 Å². The van der Waals surface area contributed by atoms with Gasteiger partial charge in [0.15, 0.2) is 95.2 Å². The standard InChI is InChI=1S/C25H27N7O6.2C22H27N7O6.C21H25N7O6/c1-37-25(36)31(12-14-6-3-2-4-7-14)11-5-8-16-29-21(26)17-22(30-16)32(13-27-17)24-19(34)18(33)20(38-24)23(35)28-15-9-10-15;1-34-22(33)28(12-4-2-5-12)9-3-6-13-26-18(23)14-19(27-13)29(10-24-14)21-16(31)15(30)17(35-21)20(32)25-11-7-8-11;1-34-22(33)28(9-11-4-5-11)8-2-3-13-26-18(23)14-19(27-13)29(10-24-14)21-16(31)15(30)17(35-21)20(32)25-12-6-7-12;1-33-21(32)27(11-6-7-11)8-2-3-12-25-17(22)13-18(26-12)28(9-23-13)20-15(30)14(29)16(34-20)19(31)24-10-4-5-10/h2-4,6-7,13,15,18-20,24,33-34H,9-12H2,1H3,(H,28,35)(H2,26,29,30);10-12,15-17,21,30-31H,2,4-5,7-9H2,1H3,(H,25,32)(H2,23,26,27);10-12,15-17,21,30-31H,4-9H2,1H3,(H,25,32)(H2,23,26,27);9-11,14-16,20,29-30H,4-8H2,1H3,(H,24,31)(H2,22,25,26)/t18?,19-,20-,24+;2*15?,16-,17-,21+;14?,15-,16-,20+/m0000/s1. The van der Waals surface area contributed by atoms with Crippen molar-refractivity contribution in [2.24, 2.45) is 5.92 Å². The van der Waals surface area contributed by atoms with Gasteiger partial charge in [0.2, 0.25) is 23.3 Å². The lowest BCUT2D eigenvalue weighted by Crippen LogP contribution is -2.44. The largest absolute Gasteiger partial charge is 0.453 e. The molecule has 0 radical (unpaired) electrons. The second-order valence-corrected chi connectivity index (χ2v) is 35.7. The van der Waals surface area contributed by atoms with Gasteiger partial charge in [-0.3, -0.25) is 57.0 Å². The van der Waals surface area contributed by atoms with E-state index >= 15 is 0 Å². The molecule has 20 N–H and O–H groups in total. The summed E-state index contributed by atoms with van der Waals surface area (Å²) in [6.45, 7) is 1.34. The highest BCUT2D eigenvalue weighted by atomic mass is 16.6. The fraction of sp³-hybridized carbons (Fsp3) is 0.533. The molecule has 4 saturated heterocycles. The van der Waals surface area contributed by atoms with Crippen LogP contribution in [-0.4, -0.2) is 357 Å². The molecule has 142 heavy (non-hydrogen) atoms. The maximum Gasteiger partial charge on any atom is 0.410 e. The molecule has 1 aromatic carbocycles. The van der Waals surface area contributed by atoms with E-state index in [4.69, 9.17) is 60.8 Å². The quantitative estimate of drug-likeness (QED) is 0.0241. The average Bonchev–Trinajstić information content (AvgIpc) is 1.62. The van der Waals surface area contributed by atoms with Gasteiger partial charge in [0.1, 0.15) is 70.9 Å². The van der Waals surface area contributed by atoms with Gasteiger partial charge in [0.25, 0.3) is 23.6 Å². The monoisotopic (exact) mass is 1960 g/mol. The molecule has 9 aromatic rings. The van der Waals surface area contributed by atoms with Crippen LogP contribution in [0, 0.1) is 53.3 Å². The van der Waals surface area contributed by atoms with Crippen molar-refractivity contribution >= 4 is 116 Å². The summed E-state index contributed by atoms with van der Waals surface area (Å²) < 4.78 is 47.8. The van der Waals surface area contributed by atoms with Crippen LogP contribution in [0.15, 0.2) is 55.6 Å². The first kappa shape index (κ1) is 98.9. The van der Waals surface area contributed by atoms with Crippen molar-refractivity contribution in [3.63, 3.8) is 0 Å². The molecule has 7 aliphatic carbocycles. The average molecular weight is 1960 g/mol. The number of aliphatic hydroxyl groups is 8. The normalized spacial score (nSPS) is 25.0. The molecule has 20 rings (SSSR count). The van der Waals surface area contributed by atoms with E-state index in [0.717, 1.165) is 102 Å². The number of amides is 8. The Morgan fingerprint density at radius 3 is 0.915 bits per heavy atom. The molecule has 750 valence electrons. The van der Waals surface area contributed by atoms with Crippen molar-refractivity contribution in [2.75, 3.05) is 84.1 Å². The van der Waals surface area contributed by atoms with Gasteiger partial charge in [-0.25, -0.2) is 79.0 Å². The molecule has 11 aliphatic rings. The SMILES string of the molecule is COC(=O)N(CC#Cc1nc(N)c2ncn([C@@H]3O[C@H](C(=O)NC4CC4)C(O)[C@@H]3O)c2n1)C1CC1.COC(=O)N(CC#Cc1nc(N)c2ncn([C@@H]3O[C@H](C(=O)NC4CC4)C(O)[C@@H]3O)c2n1)C1CCC1.COC(=O)N(CC#Cc1nc(N)c2ncn([C@@H]3O[C@H](C(=O)NC4CC4)C(O)[C@@H]3O)c2n1)CC1CC1.COC(=O)N(CC#Cc1nc(N)c2ncn([C@@H]3O[C@H](C(=O)NC4CC4)C(O)[C@@H]3O)c2n1)Cc1ccccc1. The first-order valence-corrected chi connectivity index (χ1v) is 46.1. The molecule has 12 heterocycles. The summed E-state index contributed by atoms with van der Waals surface area (Å²) in [6, 6.07) is 9.93. The van der Waals surface area contributed by atoms with Crippen LogP contribution >= 0.6 is 0 Å². The third-order valence-corrected chi connectivity index (χ3v) is 25.0. The highest BCUT2D eigenvalue weighted by Gasteiger charge is 2.53. The van der Waals surface area contributed by atoms with Crippen molar-refractivity contribution in [3.8, 4) is 47.4 Å². The number of nitrogens with two attached hydrogens (primary N) is 4. The van der Waals surface area contributed by atoms with E-state index in [2.05, 4.69) is 128 Å². The van der Waals surface area contributed by atoms with E-state index in [1.165, 1.54) is 86.7 Å². The van der Waals surface area contributed by atoms with Gasteiger partial charge in [0, 0.05) is 49.3 Å². The number of hydrogen-bond acceptors (Lipinski definition) is 40. The molecular weight excluding hydrogens is 1860 g/mol. The summed E-state index contributed by atoms with van der Waals surface area (Å²) in [7, 11) is 5.27. The number of anilines is 4. The van der Waals surface area contributed by atoms with Crippen LogP contribution in [0.2, 0.25) is 0 Å². The molecule has 7 saturated carbocycles. The minimum atomic E-state index is -1.44. The number of methoxy groups -OCH3 is 4. The Hall–Kier alpha value is -14.7. The van der Waals surface area contributed by atoms with Crippen molar-refractivity contribution < 1.29 is 117 Å². The van der Waals surface area contributed by atoms with E-state index in [0.29, 0.717) is 19.0 Å². The molecule has 8 amide bonds. The van der Waals surface area contributed by atoms with Gasteiger partial charge >= 0.3 is 24.4 Å². The number of nitrogens with one attached hydrogen (secondary N) is 4. The van der Waals surface area contributed by atoms with E-state index in [1.54, 1.807) is 4.90 Å². The molecule has 11 fully saturated rings. The minimum absolute atomic E-state index is 0.0383. The topological polar surface area (TPSA) is 712 Å². The van der Waals surface area contributed by atoms with Crippen LogP contribution < -0.4 is 44.2 Å². The lowest BCUT2D eigenvalue weighted by atomic mass is 9.92. The molecule has 0 spiro atoms. The molecular formula is C90H106N28O24. The number of fused-ring (bicyclic) bond motifs is 4. The maximum atomic E-state index is 12.5. The summed E-state index contributed by atoms with van der Waals surface area (Å²) in [5, 5.41) is 95.2. The predicted octanol–water partition coefficient (Wildman–Crippen LogP) is -2.77. The van der Waals surface area contributed by atoms with Gasteiger partial charge in [-0.15, -0.1) is 0 Å². The van der Waals surface area contributed by atoms with Crippen LogP contribution in [0.25, 0.3) is 44.7 Å². The number of ether oxygens (including phenoxy) is 8. The number of nitrogens with zero attached hydrogens (tertiary/aromatic N) is 20. The summed E-state index contributed by atoms with van der Waals surface area (Å²) in [6.07, 6.45) is -3.41. The number of imidazole rings is 4. The number of aromatic nitrogens is 16. The maximum absolute atomic E-state index is 12.5. The molecule has 4 unspecified atom stereocenters. The fourth-order valence-electron chi connectivity index (χ4n) is 16.1. The second kappa shape index (κ2) is 42.8.